The van der Waals surface area contributed by atoms with Crippen molar-refractivity contribution in [1.29, 1.82) is 0 Å². The molecule has 0 radical (unpaired) electrons. The predicted molar refractivity (Wildman–Crippen MR) is 93.7 cm³/mol. The van der Waals surface area contributed by atoms with Gasteiger partial charge in [-0.05, 0) is 35.9 Å². The third-order valence-electron chi connectivity index (χ3n) is 3.80. The van der Waals surface area contributed by atoms with Crippen LogP contribution in [-0.2, 0) is 0 Å². The minimum absolute atomic E-state index is 0.240. The van der Waals surface area contributed by atoms with Gasteiger partial charge >= 0.3 is 0 Å². The topological polar surface area (TPSA) is 70.7 Å². The molecule has 2 N–H and O–H groups in total. The Kier molecular flexibility index (Phi) is 3.51. The van der Waals surface area contributed by atoms with Crippen LogP contribution >= 0.6 is 0 Å². The van der Waals surface area contributed by atoms with Crippen molar-refractivity contribution < 1.29 is 4.79 Å². The minimum Gasteiger partial charge on any atom is -0.321 e. The van der Waals surface area contributed by atoms with E-state index < -0.39 is 0 Å². The second-order valence-electron chi connectivity index (χ2n) is 5.39. The number of rotatable bonds is 3. The van der Waals surface area contributed by atoms with Gasteiger partial charge in [0.1, 0.15) is 0 Å². The van der Waals surface area contributed by atoms with E-state index in [2.05, 4.69) is 20.5 Å². The maximum Gasteiger partial charge on any atom is 0.276 e. The highest BCUT2D eigenvalue weighted by Gasteiger charge is 2.15. The van der Waals surface area contributed by atoms with Crippen LogP contribution in [0.15, 0.2) is 73.1 Å². The zero-order valence-corrected chi connectivity index (χ0v) is 12.7. The van der Waals surface area contributed by atoms with Gasteiger partial charge < -0.3 is 5.32 Å². The van der Waals surface area contributed by atoms with E-state index in [1.807, 2.05) is 60.7 Å². The smallest absolute Gasteiger partial charge is 0.276 e. The molecule has 0 aliphatic carbocycles. The monoisotopic (exact) mass is 314 g/mol. The molecular formula is C19H14N4O. The number of H-pyrrole nitrogens is 1. The molecule has 5 nitrogen and oxygen atoms in total. The predicted octanol–water partition coefficient (Wildman–Crippen LogP) is 3.88. The van der Waals surface area contributed by atoms with Crippen molar-refractivity contribution in [2.75, 3.05) is 5.32 Å². The molecule has 0 unspecified atom stereocenters. The number of fused-ring (bicyclic) bond motifs is 1. The first-order valence-corrected chi connectivity index (χ1v) is 7.56. The molecule has 0 aliphatic rings. The first kappa shape index (κ1) is 14.1. The lowest BCUT2D eigenvalue weighted by molar-refractivity contribution is 0.102. The fourth-order valence-electron chi connectivity index (χ4n) is 2.61. The first-order valence-electron chi connectivity index (χ1n) is 7.56. The molecule has 2 aromatic carbocycles. The number of anilines is 1. The van der Waals surface area contributed by atoms with E-state index >= 15 is 0 Å². The Morgan fingerprint density at radius 1 is 0.958 bits per heavy atom. The van der Waals surface area contributed by atoms with Crippen molar-refractivity contribution in [3.05, 3.63) is 78.8 Å². The third kappa shape index (κ3) is 2.63. The van der Waals surface area contributed by atoms with Crippen LogP contribution in [0.5, 0.6) is 0 Å². The number of nitrogens with zero attached hydrogens (tertiary/aromatic N) is 2. The van der Waals surface area contributed by atoms with Crippen molar-refractivity contribution in [3.8, 4) is 11.1 Å². The Balaban J connectivity index is 1.72. The maximum absolute atomic E-state index is 12.5. The zero-order chi connectivity index (χ0) is 16.4. The number of hydrogen-bond acceptors (Lipinski definition) is 3. The number of aromatic nitrogens is 3. The second-order valence-corrected chi connectivity index (χ2v) is 5.39. The number of nitrogens with one attached hydrogen (secondary N) is 2. The van der Waals surface area contributed by atoms with Gasteiger partial charge in [0.25, 0.3) is 5.91 Å². The lowest BCUT2D eigenvalue weighted by Crippen LogP contribution is -2.12. The van der Waals surface area contributed by atoms with Crippen molar-refractivity contribution in [2.45, 2.75) is 0 Å². The number of pyridine rings is 1. The molecule has 0 bridgehead atoms. The summed E-state index contributed by atoms with van der Waals surface area (Å²) in [5.41, 5.74) is 3.92. The molecule has 2 aromatic heterocycles. The lowest BCUT2D eigenvalue weighted by Gasteiger charge is -2.04. The van der Waals surface area contributed by atoms with Crippen LogP contribution in [0.2, 0.25) is 0 Å². The van der Waals surface area contributed by atoms with E-state index in [1.54, 1.807) is 12.4 Å². The molecule has 5 heteroatoms. The van der Waals surface area contributed by atoms with E-state index in [0.717, 1.165) is 27.7 Å². The maximum atomic E-state index is 12.5. The van der Waals surface area contributed by atoms with Crippen molar-refractivity contribution in [3.63, 3.8) is 0 Å². The van der Waals surface area contributed by atoms with Crippen molar-refractivity contribution in [2.24, 2.45) is 0 Å². The second kappa shape index (κ2) is 5.96. The fraction of sp³-hybridized carbons (Fsp3) is 0. The van der Waals surface area contributed by atoms with E-state index in [-0.39, 0.29) is 5.91 Å². The first-order chi connectivity index (χ1) is 11.8. The average Bonchev–Trinajstić information content (AvgIpc) is 3.06. The summed E-state index contributed by atoms with van der Waals surface area (Å²) in [6.07, 6.45) is 3.53. The standard InChI is InChI=1S/C19H14N4O/c24-19(21-15-6-2-1-3-7-15)18-16-11-13(8-9-17(16)22-23-18)14-5-4-10-20-12-14/h1-12H,(H,21,24)(H,22,23). The average molecular weight is 314 g/mol. The van der Waals surface area contributed by atoms with Crippen LogP contribution in [0.4, 0.5) is 5.69 Å². The van der Waals surface area contributed by atoms with E-state index in [9.17, 15) is 4.79 Å². The van der Waals surface area contributed by atoms with E-state index in [4.69, 9.17) is 0 Å². The Bertz CT molecular complexity index is 994. The molecule has 1 amide bonds. The van der Waals surface area contributed by atoms with Gasteiger partial charge in [0.05, 0.1) is 5.52 Å². The summed E-state index contributed by atoms with van der Waals surface area (Å²) in [4.78, 5) is 16.7. The summed E-state index contributed by atoms with van der Waals surface area (Å²) >= 11 is 0. The lowest BCUT2D eigenvalue weighted by atomic mass is 10.0. The van der Waals surface area contributed by atoms with E-state index in [0.29, 0.717) is 5.69 Å². The van der Waals surface area contributed by atoms with Gasteiger partial charge in [0, 0.05) is 29.0 Å². The molecule has 2 heterocycles. The highest BCUT2D eigenvalue weighted by molar-refractivity contribution is 6.11. The quantitative estimate of drug-likeness (QED) is 0.603. The molecule has 24 heavy (non-hydrogen) atoms. The summed E-state index contributed by atoms with van der Waals surface area (Å²) in [5, 5.41) is 10.7. The normalized spacial score (nSPS) is 10.7. The Hall–Kier alpha value is -3.47. The van der Waals surface area contributed by atoms with Gasteiger partial charge in [-0.15, -0.1) is 0 Å². The zero-order valence-electron chi connectivity index (χ0n) is 12.7. The molecule has 4 rings (SSSR count). The summed E-state index contributed by atoms with van der Waals surface area (Å²) in [5.74, 6) is -0.240. The summed E-state index contributed by atoms with van der Waals surface area (Å²) in [7, 11) is 0. The Morgan fingerprint density at radius 2 is 1.83 bits per heavy atom. The minimum atomic E-state index is -0.240. The molecule has 0 saturated heterocycles. The number of hydrogen-bond donors (Lipinski definition) is 2. The molecule has 0 saturated carbocycles. The number of carbonyl (C=O) groups is 1. The number of amides is 1. The Labute approximate surface area is 138 Å². The highest BCUT2D eigenvalue weighted by Crippen LogP contribution is 2.25. The van der Waals surface area contributed by atoms with Gasteiger partial charge in [0.15, 0.2) is 5.69 Å². The molecule has 4 aromatic rings. The van der Waals surface area contributed by atoms with Crippen LogP contribution in [0.1, 0.15) is 10.5 Å². The summed E-state index contributed by atoms with van der Waals surface area (Å²) in [6.45, 7) is 0. The summed E-state index contributed by atoms with van der Waals surface area (Å²) in [6, 6.07) is 19.1. The third-order valence-corrected chi connectivity index (χ3v) is 3.80. The SMILES string of the molecule is O=C(Nc1ccccc1)c1n[nH]c2ccc(-c3cccnc3)cc12. The van der Waals surface area contributed by atoms with Crippen LogP contribution < -0.4 is 5.32 Å². The molecule has 0 aliphatic heterocycles. The van der Waals surface area contributed by atoms with Gasteiger partial charge in [0.2, 0.25) is 0 Å². The number of benzene rings is 2. The van der Waals surface area contributed by atoms with Crippen LogP contribution in [0, 0.1) is 0 Å². The van der Waals surface area contributed by atoms with E-state index in [1.165, 1.54) is 0 Å². The number of aromatic amines is 1. The van der Waals surface area contributed by atoms with Crippen LogP contribution in [0.25, 0.3) is 22.0 Å². The number of carbonyl (C=O) groups excluding carboxylic acids is 1. The Morgan fingerprint density at radius 3 is 2.62 bits per heavy atom. The fourth-order valence-corrected chi connectivity index (χ4v) is 2.61. The molecule has 0 fully saturated rings. The molecule has 0 atom stereocenters. The van der Waals surface area contributed by atoms with Gasteiger partial charge in [-0.25, -0.2) is 0 Å². The van der Waals surface area contributed by atoms with Crippen molar-refractivity contribution in [1.82, 2.24) is 15.2 Å². The van der Waals surface area contributed by atoms with Gasteiger partial charge in [-0.3, -0.25) is 14.9 Å². The molecular weight excluding hydrogens is 300 g/mol. The summed E-state index contributed by atoms with van der Waals surface area (Å²) < 4.78 is 0. The number of para-hydroxylation sites is 1. The van der Waals surface area contributed by atoms with Gasteiger partial charge in [-0.1, -0.05) is 30.3 Å². The van der Waals surface area contributed by atoms with Crippen LogP contribution in [-0.4, -0.2) is 21.1 Å². The highest BCUT2D eigenvalue weighted by atomic mass is 16.1. The molecule has 0 spiro atoms. The molecule has 116 valence electrons. The largest absolute Gasteiger partial charge is 0.321 e. The van der Waals surface area contributed by atoms with Gasteiger partial charge in [-0.2, -0.15) is 5.10 Å². The van der Waals surface area contributed by atoms with Crippen molar-refractivity contribution >= 4 is 22.5 Å². The van der Waals surface area contributed by atoms with Crippen LogP contribution in [0.3, 0.4) is 0 Å².